The first-order valence-corrected chi connectivity index (χ1v) is 10.7. The zero-order valence-electron chi connectivity index (χ0n) is 15.0. The minimum absolute atomic E-state index is 0.261. The van der Waals surface area contributed by atoms with Gasteiger partial charge in [0.25, 0.3) is 5.56 Å². The molecular formula is C21H10Cl3N3O2S. The first kappa shape index (κ1) is 19.3. The zero-order valence-corrected chi connectivity index (χ0v) is 18.1. The maximum atomic E-state index is 12.7. The predicted octanol–water partition coefficient (Wildman–Crippen LogP) is 5.59. The summed E-state index contributed by atoms with van der Waals surface area (Å²) in [5, 5.41) is 5.82. The van der Waals surface area contributed by atoms with Crippen molar-refractivity contribution in [1.82, 2.24) is 14.6 Å². The Kier molecular flexibility index (Phi) is 4.87. The molecule has 0 aliphatic carbocycles. The number of furan rings is 1. The van der Waals surface area contributed by atoms with E-state index in [0.717, 1.165) is 11.1 Å². The number of hydrogen-bond donors (Lipinski definition) is 0. The molecule has 0 unspecified atom stereocenters. The van der Waals surface area contributed by atoms with Crippen LogP contribution < -0.4 is 10.1 Å². The van der Waals surface area contributed by atoms with Crippen molar-refractivity contribution in [3.8, 4) is 22.7 Å². The normalized spacial score (nSPS) is 12.2. The molecule has 3 aromatic heterocycles. The summed E-state index contributed by atoms with van der Waals surface area (Å²) in [6.45, 7) is 0. The van der Waals surface area contributed by atoms with Gasteiger partial charge in [-0.1, -0.05) is 58.3 Å². The van der Waals surface area contributed by atoms with Crippen molar-refractivity contribution in [2.45, 2.75) is 0 Å². The van der Waals surface area contributed by atoms with E-state index in [1.807, 2.05) is 24.3 Å². The lowest BCUT2D eigenvalue weighted by Gasteiger charge is -1.99. The Balaban J connectivity index is 1.51. The maximum absolute atomic E-state index is 12.7. The fourth-order valence-corrected chi connectivity index (χ4v) is 4.32. The molecule has 148 valence electrons. The molecule has 9 heteroatoms. The fourth-order valence-electron chi connectivity index (χ4n) is 2.95. The highest BCUT2D eigenvalue weighted by atomic mass is 35.5. The van der Waals surface area contributed by atoms with Crippen LogP contribution in [0.1, 0.15) is 5.76 Å². The van der Waals surface area contributed by atoms with E-state index < -0.39 is 0 Å². The Morgan fingerprint density at radius 3 is 2.60 bits per heavy atom. The lowest BCUT2D eigenvalue weighted by Crippen LogP contribution is -2.23. The quantitative estimate of drug-likeness (QED) is 0.342. The lowest BCUT2D eigenvalue weighted by atomic mass is 10.2. The van der Waals surface area contributed by atoms with Crippen molar-refractivity contribution in [3.05, 3.63) is 90.3 Å². The van der Waals surface area contributed by atoms with Crippen molar-refractivity contribution in [1.29, 1.82) is 0 Å². The monoisotopic (exact) mass is 473 g/mol. The van der Waals surface area contributed by atoms with E-state index in [9.17, 15) is 4.79 Å². The highest BCUT2D eigenvalue weighted by Crippen LogP contribution is 2.29. The molecule has 5 rings (SSSR count). The second kappa shape index (κ2) is 7.56. The van der Waals surface area contributed by atoms with Gasteiger partial charge in [-0.25, -0.2) is 0 Å². The Hall–Kier alpha value is -2.64. The van der Waals surface area contributed by atoms with Gasteiger partial charge in [0.2, 0.25) is 4.96 Å². The van der Waals surface area contributed by atoms with Crippen molar-refractivity contribution >= 4 is 57.2 Å². The van der Waals surface area contributed by atoms with Crippen molar-refractivity contribution < 1.29 is 4.42 Å². The highest BCUT2D eigenvalue weighted by Gasteiger charge is 2.13. The van der Waals surface area contributed by atoms with Crippen LogP contribution in [0.2, 0.25) is 15.1 Å². The number of fused-ring (bicyclic) bond motifs is 1. The fraction of sp³-hybridized carbons (Fsp3) is 0. The van der Waals surface area contributed by atoms with Crippen molar-refractivity contribution in [2.24, 2.45) is 0 Å². The molecule has 3 heterocycles. The van der Waals surface area contributed by atoms with E-state index in [0.29, 0.717) is 41.9 Å². The van der Waals surface area contributed by atoms with E-state index in [2.05, 4.69) is 10.1 Å². The molecule has 0 bridgehead atoms. The standard InChI is InChI=1S/C21H10Cl3N3O2S/c22-13-3-1-2-12(8-13)19-25-21-27(26-19)20(28)18(30-21)10-14-5-7-17(29-14)11-4-6-15(23)16(24)9-11/h1-10H. The molecule has 0 amide bonds. The molecule has 2 aromatic carbocycles. The molecule has 5 aromatic rings. The third-order valence-corrected chi connectivity index (χ3v) is 6.30. The van der Waals surface area contributed by atoms with Gasteiger partial charge in [-0.05, 0) is 42.5 Å². The van der Waals surface area contributed by atoms with Crippen LogP contribution in [-0.4, -0.2) is 14.6 Å². The summed E-state index contributed by atoms with van der Waals surface area (Å²) in [4.78, 5) is 17.7. The van der Waals surface area contributed by atoms with Gasteiger partial charge < -0.3 is 4.42 Å². The molecule has 0 N–H and O–H groups in total. The molecule has 5 nitrogen and oxygen atoms in total. The summed E-state index contributed by atoms with van der Waals surface area (Å²) in [6.07, 6.45) is 1.67. The zero-order chi connectivity index (χ0) is 20.8. The average molecular weight is 475 g/mol. The van der Waals surface area contributed by atoms with Crippen LogP contribution in [-0.2, 0) is 0 Å². The van der Waals surface area contributed by atoms with Gasteiger partial charge in [-0.15, -0.1) is 5.10 Å². The summed E-state index contributed by atoms with van der Waals surface area (Å²) < 4.78 is 7.61. The smallest absolute Gasteiger partial charge is 0.291 e. The van der Waals surface area contributed by atoms with Crippen LogP contribution in [0.25, 0.3) is 33.7 Å². The number of aromatic nitrogens is 3. The van der Waals surface area contributed by atoms with Gasteiger partial charge in [0.05, 0.1) is 10.0 Å². The van der Waals surface area contributed by atoms with E-state index in [1.165, 1.54) is 15.9 Å². The lowest BCUT2D eigenvalue weighted by molar-refractivity contribution is 0.571. The number of halogens is 3. The number of benzene rings is 2. The summed E-state index contributed by atoms with van der Waals surface area (Å²) in [7, 11) is 0. The molecule has 0 aliphatic rings. The van der Waals surface area contributed by atoms with Gasteiger partial charge >= 0.3 is 0 Å². The molecular weight excluding hydrogens is 465 g/mol. The van der Waals surface area contributed by atoms with Gasteiger partial charge in [0.1, 0.15) is 16.1 Å². The maximum Gasteiger partial charge on any atom is 0.291 e. The SMILES string of the molecule is O=c1c(=Cc2ccc(-c3ccc(Cl)c(Cl)c3)o2)sc2nc(-c3cccc(Cl)c3)nn12. The minimum atomic E-state index is -0.261. The summed E-state index contributed by atoms with van der Waals surface area (Å²) in [5.41, 5.74) is 1.28. The first-order chi connectivity index (χ1) is 14.5. The number of thiazole rings is 1. The Bertz CT molecular complexity index is 1520. The van der Waals surface area contributed by atoms with Crippen LogP contribution in [0.5, 0.6) is 0 Å². The van der Waals surface area contributed by atoms with Crippen LogP contribution in [0.15, 0.2) is 63.8 Å². The molecule has 0 radical (unpaired) electrons. The molecule has 30 heavy (non-hydrogen) atoms. The highest BCUT2D eigenvalue weighted by molar-refractivity contribution is 7.15. The van der Waals surface area contributed by atoms with E-state index in [4.69, 9.17) is 39.2 Å². The van der Waals surface area contributed by atoms with Crippen LogP contribution in [0.3, 0.4) is 0 Å². The second-order valence-electron chi connectivity index (χ2n) is 6.39. The summed E-state index contributed by atoms with van der Waals surface area (Å²) in [6, 6.07) is 16.0. The molecule has 0 spiro atoms. The van der Waals surface area contributed by atoms with Crippen LogP contribution >= 0.6 is 46.1 Å². The largest absolute Gasteiger partial charge is 0.457 e. The number of nitrogens with zero attached hydrogens (tertiary/aromatic N) is 3. The third-order valence-electron chi connectivity index (χ3n) is 4.37. The molecule has 0 saturated carbocycles. The van der Waals surface area contributed by atoms with Gasteiger partial charge in [-0.3, -0.25) is 4.79 Å². The van der Waals surface area contributed by atoms with Gasteiger partial charge in [-0.2, -0.15) is 9.50 Å². The summed E-state index contributed by atoms with van der Waals surface area (Å²) >= 11 is 19.3. The van der Waals surface area contributed by atoms with Crippen LogP contribution in [0.4, 0.5) is 0 Å². The Morgan fingerprint density at radius 1 is 0.967 bits per heavy atom. The molecule has 0 fully saturated rings. The molecule has 0 atom stereocenters. The van der Waals surface area contributed by atoms with Crippen molar-refractivity contribution in [3.63, 3.8) is 0 Å². The Morgan fingerprint density at radius 2 is 1.83 bits per heavy atom. The topological polar surface area (TPSA) is 60.4 Å². The van der Waals surface area contributed by atoms with Gasteiger partial charge in [0, 0.05) is 22.2 Å². The molecule has 0 saturated heterocycles. The van der Waals surface area contributed by atoms with E-state index in [1.54, 1.807) is 36.4 Å². The van der Waals surface area contributed by atoms with Crippen molar-refractivity contribution in [2.75, 3.05) is 0 Å². The third kappa shape index (κ3) is 3.52. The second-order valence-corrected chi connectivity index (χ2v) is 8.65. The number of rotatable bonds is 3. The predicted molar refractivity (Wildman–Crippen MR) is 121 cm³/mol. The Labute approximate surface area is 188 Å². The number of hydrogen-bond acceptors (Lipinski definition) is 5. The average Bonchev–Trinajstić information content (AvgIpc) is 3.42. The van der Waals surface area contributed by atoms with Crippen LogP contribution in [0, 0.1) is 0 Å². The van der Waals surface area contributed by atoms with E-state index >= 15 is 0 Å². The van der Waals surface area contributed by atoms with Gasteiger partial charge in [0.15, 0.2) is 5.82 Å². The molecule has 0 aliphatic heterocycles. The van der Waals surface area contributed by atoms with E-state index in [-0.39, 0.29) is 5.56 Å². The summed E-state index contributed by atoms with van der Waals surface area (Å²) in [5.74, 6) is 1.61. The minimum Gasteiger partial charge on any atom is -0.457 e. The first-order valence-electron chi connectivity index (χ1n) is 8.70.